The molecule has 3 rings (SSSR count). The number of ether oxygens (including phenoxy) is 2. The largest absolute Gasteiger partial charge is 0.469 e. The monoisotopic (exact) mass is 448 g/mol. The van der Waals surface area contributed by atoms with Gasteiger partial charge in [0.2, 0.25) is 0 Å². The summed E-state index contributed by atoms with van der Waals surface area (Å²) < 4.78 is 16.6. The average molecular weight is 449 g/mol. The molecule has 0 amide bonds. The van der Waals surface area contributed by atoms with Crippen molar-refractivity contribution in [3.05, 3.63) is 24.2 Å². The predicted molar refractivity (Wildman–Crippen MR) is 129 cm³/mol. The number of likely N-dealkylation sites (N-methyl/N-ethyl adjacent to an activating group) is 1. The predicted octanol–water partition coefficient (Wildman–Crippen LogP) is 3.41. The van der Waals surface area contributed by atoms with Crippen LogP contribution in [0.5, 0.6) is 0 Å². The van der Waals surface area contributed by atoms with Crippen LogP contribution in [0.4, 0.5) is 0 Å². The quantitative estimate of drug-likeness (QED) is 0.391. The number of hydrogen-bond donors (Lipinski definition) is 1. The minimum absolute atomic E-state index is 0.276. The second kappa shape index (κ2) is 14.6. The van der Waals surface area contributed by atoms with Gasteiger partial charge >= 0.3 is 0 Å². The van der Waals surface area contributed by atoms with Crippen molar-refractivity contribution in [2.24, 2.45) is 10.9 Å². The molecule has 0 bridgehead atoms. The van der Waals surface area contributed by atoms with Gasteiger partial charge in [0.1, 0.15) is 5.76 Å². The molecule has 1 unspecified atom stereocenters. The van der Waals surface area contributed by atoms with Gasteiger partial charge in [-0.3, -0.25) is 4.99 Å². The lowest BCUT2D eigenvalue weighted by molar-refractivity contribution is 0.0222. The third-order valence-electron chi connectivity index (χ3n) is 6.70. The molecule has 3 heterocycles. The first kappa shape index (κ1) is 25.1. The lowest BCUT2D eigenvalue weighted by Crippen LogP contribution is -2.46. The van der Waals surface area contributed by atoms with E-state index in [0.29, 0.717) is 0 Å². The summed E-state index contributed by atoms with van der Waals surface area (Å²) in [4.78, 5) is 9.81. The summed E-state index contributed by atoms with van der Waals surface area (Å²) in [5.74, 6) is 2.89. The van der Waals surface area contributed by atoms with Crippen LogP contribution in [0.3, 0.4) is 0 Å². The molecule has 2 aliphatic rings. The molecule has 1 aromatic heterocycles. The van der Waals surface area contributed by atoms with Gasteiger partial charge in [0, 0.05) is 46.3 Å². The second-order valence-corrected chi connectivity index (χ2v) is 9.28. The molecule has 0 saturated carbocycles. The second-order valence-electron chi connectivity index (χ2n) is 9.28. The molecule has 0 spiro atoms. The highest BCUT2D eigenvalue weighted by Crippen LogP contribution is 2.22. The van der Waals surface area contributed by atoms with Gasteiger partial charge in [-0.1, -0.05) is 0 Å². The van der Waals surface area contributed by atoms with Crippen LogP contribution in [0.2, 0.25) is 0 Å². The molecule has 2 fully saturated rings. The maximum Gasteiger partial charge on any atom is 0.194 e. The number of rotatable bonds is 12. The van der Waals surface area contributed by atoms with Crippen molar-refractivity contribution in [3.63, 3.8) is 0 Å². The number of hydrogen-bond acceptors (Lipinski definition) is 5. The fraction of sp³-hybridized carbons (Fsp3) is 0.800. The highest BCUT2D eigenvalue weighted by molar-refractivity contribution is 5.80. The fourth-order valence-corrected chi connectivity index (χ4v) is 4.60. The van der Waals surface area contributed by atoms with Gasteiger partial charge < -0.3 is 29.0 Å². The molecule has 0 aliphatic carbocycles. The van der Waals surface area contributed by atoms with Crippen LogP contribution in [0.15, 0.2) is 27.8 Å². The number of aliphatic imine (C=N–C) groups is 1. The number of guanidine groups is 1. The summed E-state index contributed by atoms with van der Waals surface area (Å²) in [5, 5.41) is 3.60. The van der Waals surface area contributed by atoms with E-state index in [9.17, 15) is 0 Å². The zero-order valence-corrected chi connectivity index (χ0v) is 20.3. The van der Waals surface area contributed by atoms with Crippen molar-refractivity contribution in [2.75, 3.05) is 66.6 Å². The van der Waals surface area contributed by atoms with Crippen LogP contribution >= 0.6 is 0 Å². The zero-order chi connectivity index (χ0) is 22.4. The molecule has 182 valence electrons. The third-order valence-corrected chi connectivity index (χ3v) is 6.70. The highest BCUT2D eigenvalue weighted by atomic mass is 16.5. The molecule has 32 heavy (non-hydrogen) atoms. The minimum atomic E-state index is 0.276. The Labute approximate surface area is 194 Å². The van der Waals surface area contributed by atoms with E-state index < -0.39 is 0 Å². The Morgan fingerprint density at radius 2 is 2.12 bits per heavy atom. The number of methoxy groups -OCH3 is 1. The lowest BCUT2D eigenvalue weighted by Gasteiger charge is -2.35. The van der Waals surface area contributed by atoms with E-state index in [0.717, 1.165) is 83.0 Å². The summed E-state index contributed by atoms with van der Waals surface area (Å²) in [6.45, 7) is 7.64. The van der Waals surface area contributed by atoms with Crippen molar-refractivity contribution in [1.29, 1.82) is 0 Å². The highest BCUT2D eigenvalue weighted by Gasteiger charge is 2.22. The first-order valence-electron chi connectivity index (χ1n) is 12.6. The summed E-state index contributed by atoms with van der Waals surface area (Å²) >= 11 is 0. The fourth-order valence-electron chi connectivity index (χ4n) is 4.60. The van der Waals surface area contributed by atoms with E-state index in [-0.39, 0.29) is 6.10 Å². The number of nitrogens with zero attached hydrogens (tertiary/aromatic N) is 3. The van der Waals surface area contributed by atoms with Gasteiger partial charge in [-0.25, -0.2) is 0 Å². The Balaban J connectivity index is 1.43. The van der Waals surface area contributed by atoms with E-state index in [2.05, 4.69) is 22.2 Å². The van der Waals surface area contributed by atoms with Gasteiger partial charge in [0.25, 0.3) is 0 Å². The van der Waals surface area contributed by atoms with E-state index in [1.54, 1.807) is 13.4 Å². The molecule has 2 aliphatic heterocycles. The first-order valence-corrected chi connectivity index (χ1v) is 12.6. The minimum Gasteiger partial charge on any atom is -0.469 e. The molecule has 2 saturated heterocycles. The molecule has 1 aromatic rings. The molecule has 1 N–H and O–H groups in total. The van der Waals surface area contributed by atoms with Gasteiger partial charge in [-0.05, 0) is 76.6 Å². The van der Waals surface area contributed by atoms with Gasteiger partial charge in [-0.2, -0.15) is 0 Å². The number of furan rings is 1. The van der Waals surface area contributed by atoms with Gasteiger partial charge in [0.15, 0.2) is 5.96 Å². The summed E-state index contributed by atoms with van der Waals surface area (Å²) in [5.41, 5.74) is 0. The lowest BCUT2D eigenvalue weighted by atomic mass is 9.92. The van der Waals surface area contributed by atoms with Crippen LogP contribution < -0.4 is 5.32 Å². The molecule has 1 atom stereocenters. The number of likely N-dealkylation sites (tertiary alicyclic amines) is 1. The van der Waals surface area contributed by atoms with Crippen LogP contribution in [0.1, 0.15) is 50.7 Å². The summed E-state index contributed by atoms with van der Waals surface area (Å²) in [7, 11) is 3.96. The third kappa shape index (κ3) is 9.12. The molecular weight excluding hydrogens is 404 g/mol. The molecule has 7 heteroatoms. The SMILES string of the molecule is COCCN(C)CCCC1CCN(C(=NCC2CCCCO2)NCCc2ccco2)CC1. The Hall–Kier alpha value is -1.57. The van der Waals surface area contributed by atoms with Crippen molar-refractivity contribution in [2.45, 2.75) is 57.5 Å². The Morgan fingerprint density at radius 1 is 1.25 bits per heavy atom. The average Bonchev–Trinajstić information content (AvgIpc) is 3.35. The van der Waals surface area contributed by atoms with Crippen molar-refractivity contribution in [3.8, 4) is 0 Å². The smallest absolute Gasteiger partial charge is 0.194 e. The van der Waals surface area contributed by atoms with Gasteiger partial charge in [-0.15, -0.1) is 0 Å². The van der Waals surface area contributed by atoms with Crippen molar-refractivity contribution >= 4 is 5.96 Å². The Bertz CT molecular complexity index is 623. The molecule has 7 nitrogen and oxygen atoms in total. The van der Waals surface area contributed by atoms with Crippen LogP contribution in [0.25, 0.3) is 0 Å². The number of nitrogens with one attached hydrogen (secondary N) is 1. The summed E-state index contributed by atoms with van der Waals surface area (Å²) in [6, 6.07) is 3.98. The van der Waals surface area contributed by atoms with E-state index >= 15 is 0 Å². The molecule has 0 radical (unpaired) electrons. The zero-order valence-electron chi connectivity index (χ0n) is 20.3. The first-order chi connectivity index (χ1) is 15.7. The van der Waals surface area contributed by atoms with E-state index in [1.807, 2.05) is 12.1 Å². The van der Waals surface area contributed by atoms with Crippen molar-refractivity contribution < 1.29 is 13.9 Å². The molecule has 0 aromatic carbocycles. The Kier molecular flexibility index (Phi) is 11.4. The summed E-state index contributed by atoms with van der Waals surface area (Å²) in [6.07, 6.45) is 11.6. The van der Waals surface area contributed by atoms with Gasteiger partial charge in [0.05, 0.1) is 25.5 Å². The number of piperidine rings is 1. The standard InChI is InChI=1S/C25H44N4O3/c1-28(17-20-30-2)14-5-7-22-11-15-29(16-12-22)25(26-13-10-23-9-6-19-31-23)27-21-24-8-3-4-18-32-24/h6,9,19,22,24H,3-5,7-8,10-18,20-21H2,1-2H3,(H,26,27). The van der Waals surface area contributed by atoms with Crippen molar-refractivity contribution in [1.82, 2.24) is 15.1 Å². The molecular formula is C25H44N4O3. The maximum atomic E-state index is 5.90. The van der Waals surface area contributed by atoms with E-state index in [1.165, 1.54) is 38.5 Å². The Morgan fingerprint density at radius 3 is 2.84 bits per heavy atom. The van der Waals surface area contributed by atoms with E-state index in [4.69, 9.17) is 18.9 Å². The normalized spacial score (nSPS) is 20.8. The van der Waals surface area contributed by atoms with Crippen LogP contribution in [-0.4, -0.2) is 88.5 Å². The topological polar surface area (TPSA) is 62.5 Å². The van der Waals surface area contributed by atoms with Crippen LogP contribution in [0, 0.1) is 5.92 Å². The van der Waals surface area contributed by atoms with Crippen LogP contribution in [-0.2, 0) is 15.9 Å². The maximum absolute atomic E-state index is 5.90.